The Morgan fingerprint density at radius 1 is 1.11 bits per heavy atom. The van der Waals surface area contributed by atoms with E-state index in [1.165, 1.54) is 12.4 Å². The summed E-state index contributed by atoms with van der Waals surface area (Å²) in [5.74, 6) is 0.430. The molecule has 1 saturated carbocycles. The molecule has 1 aliphatic carbocycles. The topological polar surface area (TPSA) is 95.2 Å². The number of hydrogen-bond donors (Lipinski definition) is 0. The Morgan fingerprint density at radius 2 is 1.86 bits per heavy atom. The average Bonchev–Trinajstić information content (AvgIpc) is 3.06. The van der Waals surface area contributed by atoms with E-state index >= 15 is 0 Å². The van der Waals surface area contributed by atoms with Crippen LogP contribution in [0.3, 0.4) is 0 Å². The summed E-state index contributed by atoms with van der Waals surface area (Å²) in [6.45, 7) is 0. The van der Waals surface area contributed by atoms with Crippen molar-refractivity contribution in [2.24, 2.45) is 0 Å². The smallest absolute Gasteiger partial charge is 0.419 e. The molecule has 0 unspecified atom stereocenters. The number of nitriles is 1. The Bertz CT molecular complexity index is 1350. The van der Waals surface area contributed by atoms with Gasteiger partial charge in [-0.1, -0.05) is 0 Å². The van der Waals surface area contributed by atoms with Crippen LogP contribution in [0, 0.1) is 11.3 Å². The Hall–Kier alpha value is -4.11. The summed E-state index contributed by atoms with van der Waals surface area (Å²) in [5.41, 5.74) is -2.52. The lowest BCUT2D eigenvalue weighted by Crippen LogP contribution is -2.55. The summed E-state index contributed by atoms with van der Waals surface area (Å²) >= 11 is 5.60. The highest BCUT2D eigenvalue weighted by molar-refractivity contribution is 7.81. The highest BCUT2D eigenvalue weighted by Crippen LogP contribution is 2.48. The number of carbonyl (C=O) groups excluding carboxylic acids is 1. The molecule has 1 aliphatic heterocycles. The zero-order valence-corrected chi connectivity index (χ0v) is 18.7. The van der Waals surface area contributed by atoms with Crippen molar-refractivity contribution >= 4 is 34.6 Å². The number of halogens is 3. The molecule has 1 spiro atoms. The third kappa shape index (κ3) is 3.74. The third-order valence-corrected chi connectivity index (χ3v) is 6.37. The van der Waals surface area contributed by atoms with Gasteiger partial charge in [0.15, 0.2) is 10.8 Å². The van der Waals surface area contributed by atoms with Crippen molar-refractivity contribution < 1.29 is 22.7 Å². The quantitative estimate of drug-likeness (QED) is 0.483. The van der Waals surface area contributed by atoms with Crippen LogP contribution in [-0.4, -0.2) is 31.5 Å². The zero-order valence-electron chi connectivity index (χ0n) is 17.9. The van der Waals surface area contributed by atoms with Gasteiger partial charge < -0.3 is 9.64 Å². The number of amides is 1. The molecule has 8 nitrogen and oxygen atoms in total. The first kappa shape index (κ1) is 22.7. The molecular formula is C23H15F3N6O2S. The van der Waals surface area contributed by atoms with Gasteiger partial charge in [-0.05, 0) is 61.8 Å². The number of thiocarbonyl (C=S) groups is 1. The van der Waals surface area contributed by atoms with Gasteiger partial charge in [0.2, 0.25) is 5.88 Å². The first-order valence-corrected chi connectivity index (χ1v) is 10.9. The number of nitrogens with zero attached hydrogens (tertiary/aromatic N) is 6. The molecule has 35 heavy (non-hydrogen) atoms. The van der Waals surface area contributed by atoms with Gasteiger partial charge in [-0.3, -0.25) is 9.69 Å². The Morgan fingerprint density at radius 3 is 2.43 bits per heavy atom. The molecular weight excluding hydrogens is 481 g/mol. The first-order chi connectivity index (χ1) is 16.7. The van der Waals surface area contributed by atoms with E-state index in [1.54, 1.807) is 41.4 Å². The highest BCUT2D eigenvalue weighted by atomic mass is 32.1. The van der Waals surface area contributed by atoms with Gasteiger partial charge in [-0.25, -0.2) is 15.0 Å². The van der Waals surface area contributed by atoms with Crippen molar-refractivity contribution in [3.05, 3.63) is 66.4 Å². The van der Waals surface area contributed by atoms with E-state index in [9.17, 15) is 18.0 Å². The highest BCUT2D eigenvalue weighted by Gasteiger charge is 2.59. The monoisotopic (exact) mass is 496 g/mol. The van der Waals surface area contributed by atoms with Gasteiger partial charge in [-0.2, -0.15) is 18.4 Å². The van der Waals surface area contributed by atoms with Crippen LogP contribution in [0.1, 0.15) is 30.5 Å². The molecule has 2 aliphatic rings. The number of carbonyl (C=O) groups is 1. The summed E-state index contributed by atoms with van der Waals surface area (Å²) in [4.78, 5) is 27.7. The Labute approximate surface area is 202 Å². The van der Waals surface area contributed by atoms with Gasteiger partial charge in [-0.15, -0.1) is 0 Å². The van der Waals surface area contributed by atoms with Crippen molar-refractivity contribution in [3.8, 4) is 17.7 Å². The normalized spacial score (nSPS) is 16.9. The molecule has 5 rings (SSSR count). The number of aromatic nitrogens is 3. The van der Waals surface area contributed by atoms with E-state index < -0.39 is 28.9 Å². The number of rotatable bonds is 4. The molecule has 2 aromatic heterocycles. The molecule has 0 atom stereocenters. The number of benzene rings is 1. The second-order valence-corrected chi connectivity index (χ2v) is 8.35. The van der Waals surface area contributed by atoms with Crippen LogP contribution in [-0.2, 0) is 11.0 Å². The van der Waals surface area contributed by atoms with E-state index in [2.05, 4.69) is 15.0 Å². The standard InChI is InChI=1S/C23H15F3N6O2S/c24-23(25,26)17-10-15(12-29-18(17)11-27)31-20(33)22(7-1-8-22)32(21(31)35)14-2-4-16(5-3-14)34-19-6-9-28-13-30-19/h2-6,9-10,12-13H,1,7-8H2. The zero-order chi connectivity index (χ0) is 24.8. The number of ether oxygens (including phenoxy) is 1. The Balaban J connectivity index is 1.49. The summed E-state index contributed by atoms with van der Waals surface area (Å²) < 4.78 is 46.2. The lowest BCUT2D eigenvalue weighted by molar-refractivity contribution is -0.138. The average molecular weight is 496 g/mol. The van der Waals surface area contributed by atoms with Crippen LogP contribution in [0.2, 0.25) is 0 Å². The fourth-order valence-corrected chi connectivity index (χ4v) is 4.68. The van der Waals surface area contributed by atoms with Crippen molar-refractivity contribution in [3.63, 3.8) is 0 Å². The molecule has 2 fully saturated rings. The maximum absolute atomic E-state index is 13.5. The van der Waals surface area contributed by atoms with Crippen LogP contribution < -0.4 is 14.5 Å². The molecule has 12 heteroatoms. The van der Waals surface area contributed by atoms with E-state index in [4.69, 9.17) is 22.2 Å². The lowest BCUT2D eigenvalue weighted by atomic mass is 9.75. The minimum atomic E-state index is -4.81. The van der Waals surface area contributed by atoms with E-state index in [0.29, 0.717) is 30.2 Å². The van der Waals surface area contributed by atoms with Crippen LogP contribution >= 0.6 is 12.2 Å². The van der Waals surface area contributed by atoms with E-state index in [0.717, 1.165) is 23.6 Å². The number of hydrogen-bond acceptors (Lipinski definition) is 7. The van der Waals surface area contributed by atoms with Crippen molar-refractivity contribution in [2.45, 2.75) is 31.0 Å². The molecule has 1 aromatic carbocycles. The predicted octanol–water partition coefficient (Wildman–Crippen LogP) is 4.62. The molecule has 1 amide bonds. The molecule has 1 saturated heterocycles. The van der Waals surface area contributed by atoms with Gasteiger partial charge in [0.05, 0.1) is 17.4 Å². The van der Waals surface area contributed by atoms with Crippen LogP contribution in [0.4, 0.5) is 24.5 Å². The van der Waals surface area contributed by atoms with Gasteiger partial charge in [0.1, 0.15) is 23.7 Å². The van der Waals surface area contributed by atoms with Gasteiger partial charge in [0, 0.05) is 18.0 Å². The summed E-state index contributed by atoms with van der Waals surface area (Å²) in [6.07, 6.45) is 0.914. The van der Waals surface area contributed by atoms with Crippen molar-refractivity contribution in [1.29, 1.82) is 5.26 Å². The maximum atomic E-state index is 13.5. The number of anilines is 2. The number of pyridine rings is 1. The largest absolute Gasteiger partial charge is 0.439 e. The van der Waals surface area contributed by atoms with Crippen molar-refractivity contribution in [1.82, 2.24) is 15.0 Å². The lowest BCUT2D eigenvalue weighted by Gasteiger charge is -2.43. The van der Waals surface area contributed by atoms with Crippen LogP contribution in [0.5, 0.6) is 11.6 Å². The summed E-state index contributed by atoms with van der Waals surface area (Å²) in [6, 6.07) is 10.6. The molecule has 0 bridgehead atoms. The van der Waals surface area contributed by atoms with Crippen LogP contribution in [0.15, 0.2) is 55.1 Å². The minimum absolute atomic E-state index is 0.0406. The van der Waals surface area contributed by atoms with Crippen molar-refractivity contribution in [2.75, 3.05) is 9.80 Å². The second kappa shape index (κ2) is 8.28. The van der Waals surface area contributed by atoms with E-state index in [1.807, 2.05) is 0 Å². The second-order valence-electron chi connectivity index (χ2n) is 7.99. The Kier molecular flexibility index (Phi) is 5.36. The summed E-state index contributed by atoms with van der Waals surface area (Å²) in [7, 11) is 0. The molecule has 176 valence electrons. The van der Waals surface area contributed by atoms with Crippen LogP contribution in [0.25, 0.3) is 0 Å². The molecule has 0 radical (unpaired) electrons. The number of alkyl halides is 3. The minimum Gasteiger partial charge on any atom is -0.439 e. The summed E-state index contributed by atoms with van der Waals surface area (Å²) in [5, 5.41) is 9.07. The van der Waals surface area contributed by atoms with Gasteiger partial charge in [0.25, 0.3) is 5.91 Å². The fraction of sp³-hybridized carbons (Fsp3) is 0.217. The first-order valence-electron chi connectivity index (χ1n) is 10.4. The predicted molar refractivity (Wildman–Crippen MR) is 122 cm³/mol. The third-order valence-electron chi connectivity index (χ3n) is 6.01. The maximum Gasteiger partial charge on any atom is 0.419 e. The van der Waals surface area contributed by atoms with E-state index in [-0.39, 0.29) is 10.8 Å². The SMILES string of the molecule is N#Cc1ncc(N2C(=O)C3(CCC3)N(c3ccc(Oc4ccncn4)cc3)C2=S)cc1C(F)(F)F. The van der Waals surface area contributed by atoms with Gasteiger partial charge >= 0.3 is 6.18 Å². The fourth-order valence-electron chi connectivity index (χ4n) is 4.21. The molecule has 3 aromatic rings. The molecule has 3 heterocycles. The molecule has 0 N–H and O–H groups in total.